The molecule has 1 aliphatic carbocycles. The van der Waals surface area contributed by atoms with Crippen LogP contribution in [0.4, 0.5) is 11.5 Å². The van der Waals surface area contributed by atoms with E-state index in [1.807, 2.05) is 18.2 Å². The molecule has 1 aromatic carbocycles. The van der Waals surface area contributed by atoms with Crippen molar-refractivity contribution in [1.82, 2.24) is 14.5 Å². The van der Waals surface area contributed by atoms with Gasteiger partial charge in [-0.3, -0.25) is 10.1 Å². The fourth-order valence-corrected chi connectivity index (χ4v) is 2.80. The Morgan fingerprint density at radius 2 is 2.09 bits per heavy atom. The minimum atomic E-state index is -0.431. The predicted octanol–water partition coefficient (Wildman–Crippen LogP) is 3.29. The summed E-state index contributed by atoms with van der Waals surface area (Å²) in [4.78, 5) is 19.4. The molecule has 0 bridgehead atoms. The van der Waals surface area contributed by atoms with Crippen LogP contribution in [0.15, 0.2) is 42.6 Å². The van der Waals surface area contributed by atoms with Gasteiger partial charge in [-0.05, 0) is 31.0 Å². The lowest BCUT2D eigenvalue weighted by Crippen LogP contribution is -2.10. The molecule has 0 saturated heterocycles. The Bertz CT molecular complexity index is 885. The molecule has 0 spiro atoms. The maximum atomic E-state index is 11.1. The van der Waals surface area contributed by atoms with E-state index in [-0.39, 0.29) is 11.5 Å². The number of benzene rings is 1. The molecule has 7 nitrogen and oxygen atoms in total. The molecular formula is C16H15N5O2. The van der Waals surface area contributed by atoms with E-state index in [2.05, 4.69) is 25.9 Å². The van der Waals surface area contributed by atoms with Gasteiger partial charge in [0.05, 0.1) is 22.5 Å². The molecule has 0 amide bonds. The molecule has 0 unspecified atom stereocenters. The fraction of sp³-hybridized carbons (Fsp3) is 0.250. The summed E-state index contributed by atoms with van der Waals surface area (Å²) in [5.41, 5.74) is 2.04. The van der Waals surface area contributed by atoms with Gasteiger partial charge in [-0.15, -0.1) is 0 Å². The van der Waals surface area contributed by atoms with Gasteiger partial charge in [-0.1, -0.05) is 12.1 Å². The van der Waals surface area contributed by atoms with E-state index in [0.717, 1.165) is 29.7 Å². The lowest BCUT2D eigenvalue weighted by molar-refractivity contribution is -0.384. The van der Waals surface area contributed by atoms with Crippen LogP contribution in [0.5, 0.6) is 0 Å². The zero-order valence-corrected chi connectivity index (χ0v) is 12.3. The molecule has 4 rings (SSSR count). The predicted molar refractivity (Wildman–Crippen MR) is 86.2 cm³/mol. The summed E-state index contributed by atoms with van der Waals surface area (Å²) in [6, 6.07) is 11.5. The number of nitro groups is 1. The van der Waals surface area contributed by atoms with Crippen molar-refractivity contribution in [2.45, 2.75) is 25.4 Å². The maximum absolute atomic E-state index is 11.1. The van der Waals surface area contributed by atoms with Gasteiger partial charge in [0.2, 0.25) is 5.82 Å². The second-order valence-corrected chi connectivity index (χ2v) is 5.60. The zero-order chi connectivity index (χ0) is 15.8. The molecule has 1 fully saturated rings. The molecule has 23 heavy (non-hydrogen) atoms. The number of pyridine rings is 1. The number of hydrogen-bond donors (Lipinski definition) is 1. The molecule has 2 heterocycles. The number of nitrogens with one attached hydrogen (secondary N) is 1. The van der Waals surface area contributed by atoms with Crippen molar-refractivity contribution in [2.24, 2.45) is 0 Å². The molecule has 1 N–H and O–H groups in total. The van der Waals surface area contributed by atoms with Crippen LogP contribution in [0.1, 0.15) is 24.7 Å². The number of anilines is 1. The summed E-state index contributed by atoms with van der Waals surface area (Å²) in [7, 11) is 0. The largest absolute Gasteiger partial charge is 0.357 e. The number of hydrogen-bond acceptors (Lipinski definition) is 5. The first-order chi connectivity index (χ1) is 11.2. The second kappa shape index (κ2) is 5.35. The third-order valence-corrected chi connectivity index (χ3v) is 3.98. The topological polar surface area (TPSA) is 85.9 Å². The number of nitrogens with zero attached hydrogens (tertiary/aromatic N) is 4. The Morgan fingerprint density at radius 1 is 1.26 bits per heavy atom. The zero-order valence-electron chi connectivity index (χ0n) is 12.3. The van der Waals surface area contributed by atoms with Gasteiger partial charge >= 0.3 is 5.69 Å². The molecule has 1 aliphatic rings. The SMILES string of the molecule is O=[N+]([O-])c1cccnc1NCc1nc2ccccc2n1C1CC1. The van der Waals surface area contributed by atoms with Crippen molar-refractivity contribution < 1.29 is 4.92 Å². The normalized spacial score (nSPS) is 14.1. The third kappa shape index (κ3) is 2.50. The van der Waals surface area contributed by atoms with Crippen molar-refractivity contribution in [3.05, 3.63) is 58.5 Å². The highest BCUT2D eigenvalue weighted by Crippen LogP contribution is 2.38. The minimum absolute atomic E-state index is 0.0263. The van der Waals surface area contributed by atoms with Crippen molar-refractivity contribution in [3.63, 3.8) is 0 Å². The molecule has 7 heteroatoms. The molecule has 3 aromatic rings. The van der Waals surface area contributed by atoms with Gasteiger partial charge in [0.25, 0.3) is 0 Å². The van der Waals surface area contributed by atoms with Crippen LogP contribution in [0, 0.1) is 10.1 Å². The molecule has 1 saturated carbocycles. The average molecular weight is 309 g/mol. The Hall–Kier alpha value is -2.96. The van der Waals surface area contributed by atoms with E-state index in [9.17, 15) is 10.1 Å². The van der Waals surface area contributed by atoms with E-state index >= 15 is 0 Å². The van der Waals surface area contributed by atoms with Gasteiger partial charge in [0.15, 0.2) is 0 Å². The van der Waals surface area contributed by atoms with E-state index in [1.165, 1.54) is 6.07 Å². The minimum Gasteiger partial charge on any atom is -0.357 e. The van der Waals surface area contributed by atoms with Crippen LogP contribution in [-0.2, 0) is 6.54 Å². The molecule has 0 radical (unpaired) electrons. The number of aromatic nitrogens is 3. The highest BCUT2D eigenvalue weighted by Gasteiger charge is 2.28. The quantitative estimate of drug-likeness (QED) is 0.577. The smallest absolute Gasteiger partial charge is 0.311 e. The van der Waals surface area contributed by atoms with Crippen LogP contribution < -0.4 is 5.32 Å². The van der Waals surface area contributed by atoms with E-state index in [4.69, 9.17) is 0 Å². The van der Waals surface area contributed by atoms with E-state index in [0.29, 0.717) is 12.6 Å². The van der Waals surface area contributed by atoms with Crippen LogP contribution in [0.3, 0.4) is 0 Å². The molecule has 116 valence electrons. The summed E-state index contributed by atoms with van der Waals surface area (Å²) in [5, 5.41) is 14.1. The van der Waals surface area contributed by atoms with Gasteiger partial charge in [-0.2, -0.15) is 0 Å². The lowest BCUT2D eigenvalue weighted by atomic mass is 10.3. The van der Waals surface area contributed by atoms with Crippen molar-refractivity contribution in [2.75, 3.05) is 5.32 Å². The van der Waals surface area contributed by atoms with E-state index < -0.39 is 4.92 Å². The molecule has 0 aliphatic heterocycles. The second-order valence-electron chi connectivity index (χ2n) is 5.60. The standard InChI is InChI=1S/C16H15N5O2/c22-21(23)14-6-3-9-17-16(14)18-10-15-19-12-4-1-2-5-13(12)20(15)11-7-8-11/h1-6,9,11H,7-8,10H2,(H,17,18). The van der Waals surface area contributed by atoms with Crippen LogP contribution in [0.25, 0.3) is 11.0 Å². The Morgan fingerprint density at radius 3 is 2.87 bits per heavy atom. The van der Waals surface area contributed by atoms with Gasteiger partial charge in [0.1, 0.15) is 5.82 Å². The first kappa shape index (κ1) is 13.7. The molecule has 0 atom stereocenters. The van der Waals surface area contributed by atoms with Crippen molar-refractivity contribution in [1.29, 1.82) is 0 Å². The summed E-state index contributed by atoms with van der Waals surface area (Å²) in [5.74, 6) is 1.15. The van der Waals surface area contributed by atoms with Gasteiger partial charge in [0, 0.05) is 18.3 Å². The third-order valence-electron chi connectivity index (χ3n) is 3.98. The Kier molecular flexibility index (Phi) is 3.18. The lowest BCUT2D eigenvalue weighted by Gasteiger charge is -2.09. The highest BCUT2D eigenvalue weighted by atomic mass is 16.6. The first-order valence-electron chi connectivity index (χ1n) is 7.53. The summed E-state index contributed by atoms with van der Waals surface area (Å²) in [6.07, 6.45) is 3.84. The Labute approximate surface area is 132 Å². The Balaban J connectivity index is 1.66. The van der Waals surface area contributed by atoms with Gasteiger partial charge < -0.3 is 9.88 Å². The first-order valence-corrected chi connectivity index (χ1v) is 7.53. The fourth-order valence-electron chi connectivity index (χ4n) is 2.80. The van der Waals surface area contributed by atoms with Crippen molar-refractivity contribution in [3.8, 4) is 0 Å². The molecule has 2 aromatic heterocycles. The summed E-state index contributed by atoms with van der Waals surface area (Å²) < 4.78 is 2.23. The van der Waals surface area contributed by atoms with E-state index in [1.54, 1.807) is 12.3 Å². The molecular weight excluding hydrogens is 294 g/mol. The van der Waals surface area contributed by atoms with Crippen LogP contribution >= 0.6 is 0 Å². The summed E-state index contributed by atoms with van der Waals surface area (Å²) in [6.45, 7) is 0.406. The number of para-hydroxylation sites is 2. The van der Waals surface area contributed by atoms with Crippen LogP contribution in [-0.4, -0.2) is 19.5 Å². The highest BCUT2D eigenvalue weighted by molar-refractivity contribution is 5.76. The number of fused-ring (bicyclic) bond motifs is 1. The number of rotatable bonds is 5. The summed E-state index contributed by atoms with van der Waals surface area (Å²) >= 11 is 0. The average Bonchev–Trinajstić information content (AvgIpc) is 3.33. The van der Waals surface area contributed by atoms with Crippen molar-refractivity contribution >= 4 is 22.5 Å². The maximum Gasteiger partial charge on any atom is 0.311 e. The number of imidazole rings is 1. The monoisotopic (exact) mass is 309 g/mol. The van der Waals surface area contributed by atoms with Crippen LogP contribution in [0.2, 0.25) is 0 Å². The van der Waals surface area contributed by atoms with Gasteiger partial charge in [-0.25, -0.2) is 9.97 Å².